The molecule has 20 heavy (non-hydrogen) atoms. The second-order valence-electron chi connectivity index (χ2n) is 4.72. The molecule has 0 fully saturated rings. The van der Waals surface area contributed by atoms with Crippen LogP contribution in [0.2, 0.25) is 0 Å². The van der Waals surface area contributed by atoms with Crippen LogP contribution in [0, 0.1) is 6.92 Å². The summed E-state index contributed by atoms with van der Waals surface area (Å²) in [7, 11) is -3.23. The summed E-state index contributed by atoms with van der Waals surface area (Å²) < 4.78 is 25.6. The fourth-order valence-corrected chi connectivity index (χ4v) is 2.93. The third kappa shape index (κ3) is 5.30. The van der Waals surface area contributed by atoms with E-state index >= 15 is 0 Å². The van der Waals surface area contributed by atoms with E-state index in [1.165, 1.54) is 6.92 Å². The minimum Gasteiger partial charge on any atom is -0.311 e. The molecule has 0 saturated heterocycles. The number of amides is 1. The highest BCUT2D eigenvalue weighted by atomic mass is 32.2. The van der Waals surface area contributed by atoms with Crippen molar-refractivity contribution in [3.8, 4) is 0 Å². The van der Waals surface area contributed by atoms with Crippen molar-refractivity contribution in [3.05, 3.63) is 29.8 Å². The molecule has 0 aliphatic rings. The molecule has 0 aliphatic carbocycles. The Hall–Kier alpha value is -1.40. The van der Waals surface area contributed by atoms with Crippen molar-refractivity contribution in [1.29, 1.82) is 0 Å². The second kappa shape index (κ2) is 7.40. The van der Waals surface area contributed by atoms with Crippen molar-refractivity contribution in [1.82, 2.24) is 4.72 Å². The SMILES string of the molecule is CCCS(=O)(=O)NCCN(C(C)=O)c1ccc(C)cc1. The average Bonchev–Trinajstić information content (AvgIpc) is 2.35. The predicted octanol–water partition coefficient (Wildman–Crippen LogP) is 1.68. The molecule has 0 aromatic heterocycles. The van der Waals surface area contributed by atoms with Crippen LogP contribution >= 0.6 is 0 Å². The van der Waals surface area contributed by atoms with Gasteiger partial charge < -0.3 is 4.90 Å². The Labute approximate surface area is 121 Å². The molecule has 5 nitrogen and oxygen atoms in total. The van der Waals surface area contributed by atoms with E-state index in [0.717, 1.165) is 11.3 Å². The van der Waals surface area contributed by atoms with Gasteiger partial charge in [-0.1, -0.05) is 24.6 Å². The number of anilines is 1. The van der Waals surface area contributed by atoms with Crippen LogP contribution < -0.4 is 9.62 Å². The first-order valence-electron chi connectivity index (χ1n) is 6.68. The summed E-state index contributed by atoms with van der Waals surface area (Å²) >= 11 is 0. The van der Waals surface area contributed by atoms with E-state index in [1.807, 2.05) is 38.1 Å². The maximum atomic E-state index is 11.7. The molecule has 112 valence electrons. The van der Waals surface area contributed by atoms with Gasteiger partial charge in [-0.2, -0.15) is 0 Å². The van der Waals surface area contributed by atoms with Crippen LogP contribution in [-0.2, 0) is 14.8 Å². The lowest BCUT2D eigenvalue weighted by Gasteiger charge is -2.21. The van der Waals surface area contributed by atoms with Crippen molar-refractivity contribution in [2.45, 2.75) is 27.2 Å². The molecule has 1 N–H and O–H groups in total. The monoisotopic (exact) mass is 298 g/mol. The van der Waals surface area contributed by atoms with Gasteiger partial charge in [-0.3, -0.25) is 4.79 Å². The summed E-state index contributed by atoms with van der Waals surface area (Å²) in [5.41, 5.74) is 1.89. The number of carbonyl (C=O) groups excluding carboxylic acids is 1. The van der Waals surface area contributed by atoms with Gasteiger partial charge in [0.05, 0.1) is 5.75 Å². The number of carbonyl (C=O) groups is 1. The highest BCUT2D eigenvalue weighted by Gasteiger charge is 2.13. The fourth-order valence-electron chi connectivity index (χ4n) is 1.85. The number of hydrogen-bond donors (Lipinski definition) is 1. The molecule has 0 unspecified atom stereocenters. The average molecular weight is 298 g/mol. The lowest BCUT2D eigenvalue weighted by atomic mass is 10.2. The first-order chi connectivity index (χ1) is 9.35. The number of nitrogens with zero attached hydrogens (tertiary/aromatic N) is 1. The largest absolute Gasteiger partial charge is 0.311 e. The second-order valence-corrected chi connectivity index (χ2v) is 6.65. The first kappa shape index (κ1) is 16.7. The van der Waals surface area contributed by atoms with Crippen LogP contribution in [0.1, 0.15) is 25.8 Å². The molecule has 1 rings (SSSR count). The molecular weight excluding hydrogens is 276 g/mol. The maximum absolute atomic E-state index is 11.7. The Morgan fingerprint density at radius 3 is 2.35 bits per heavy atom. The molecular formula is C14H22N2O3S. The molecule has 0 atom stereocenters. The summed E-state index contributed by atoms with van der Waals surface area (Å²) in [6, 6.07) is 7.56. The van der Waals surface area contributed by atoms with Crippen LogP contribution in [-0.4, -0.2) is 33.2 Å². The Balaban J connectivity index is 2.65. The van der Waals surface area contributed by atoms with Crippen LogP contribution in [0.25, 0.3) is 0 Å². The van der Waals surface area contributed by atoms with Gasteiger partial charge in [-0.05, 0) is 25.5 Å². The number of nitrogens with one attached hydrogen (secondary N) is 1. The third-order valence-corrected chi connectivity index (χ3v) is 4.45. The summed E-state index contributed by atoms with van der Waals surface area (Å²) in [5.74, 6) is 0.000902. The van der Waals surface area contributed by atoms with Gasteiger partial charge in [0.25, 0.3) is 0 Å². The lowest BCUT2D eigenvalue weighted by Crippen LogP contribution is -2.38. The van der Waals surface area contributed by atoms with Gasteiger partial charge in [0.2, 0.25) is 15.9 Å². The van der Waals surface area contributed by atoms with Crippen LogP contribution in [0.15, 0.2) is 24.3 Å². The minimum absolute atomic E-state index is 0.108. The normalized spacial score (nSPS) is 11.3. The summed E-state index contributed by atoms with van der Waals surface area (Å²) in [5, 5.41) is 0. The Kier molecular flexibility index (Phi) is 6.16. The van der Waals surface area contributed by atoms with E-state index in [9.17, 15) is 13.2 Å². The predicted molar refractivity (Wildman–Crippen MR) is 81.3 cm³/mol. The first-order valence-corrected chi connectivity index (χ1v) is 8.33. The van der Waals surface area contributed by atoms with Gasteiger partial charge in [-0.15, -0.1) is 0 Å². The molecule has 0 aliphatic heterocycles. The molecule has 0 radical (unpaired) electrons. The number of hydrogen-bond acceptors (Lipinski definition) is 3. The zero-order chi connectivity index (χ0) is 15.2. The Morgan fingerprint density at radius 1 is 1.25 bits per heavy atom. The number of rotatable bonds is 7. The van der Waals surface area contributed by atoms with Gasteiger partial charge in [0, 0.05) is 25.7 Å². The zero-order valence-electron chi connectivity index (χ0n) is 12.2. The summed E-state index contributed by atoms with van der Waals surface area (Å²) in [6.45, 7) is 5.80. The van der Waals surface area contributed by atoms with Crippen molar-refractivity contribution >= 4 is 21.6 Å². The molecule has 0 saturated carbocycles. The molecule has 0 spiro atoms. The van der Waals surface area contributed by atoms with Gasteiger partial charge in [0.1, 0.15) is 0 Å². The molecule has 1 aromatic carbocycles. The fraction of sp³-hybridized carbons (Fsp3) is 0.500. The highest BCUT2D eigenvalue weighted by Crippen LogP contribution is 2.14. The minimum atomic E-state index is -3.23. The van der Waals surface area contributed by atoms with E-state index < -0.39 is 10.0 Å². The molecule has 6 heteroatoms. The third-order valence-electron chi connectivity index (χ3n) is 2.86. The maximum Gasteiger partial charge on any atom is 0.223 e. The number of benzene rings is 1. The van der Waals surface area contributed by atoms with Crippen molar-refractivity contribution in [2.24, 2.45) is 0 Å². The highest BCUT2D eigenvalue weighted by molar-refractivity contribution is 7.89. The van der Waals surface area contributed by atoms with Crippen molar-refractivity contribution < 1.29 is 13.2 Å². The number of aryl methyl sites for hydroxylation is 1. The van der Waals surface area contributed by atoms with Crippen LogP contribution in [0.3, 0.4) is 0 Å². The van der Waals surface area contributed by atoms with Gasteiger partial charge >= 0.3 is 0 Å². The molecule has 1 aromatic rings. The van der Waals surface area contributed by atoms with Crippen LogP contribution in [0.4, 0.5) is 5.69 Å². The summed E-state index contributed by atoms with van der Waals surface area (Å²) in [4.78, 5) is 13.2. The van der Waals surface area contributed by atoms with E-state index in [2.05, 4.69) is 4.72 Å². The summed E-state index contributed by atoms with van der Waals surface area (Å²) in [6.07, 6.45) is 0.573. The molecule has 1 amide bonds. The molecule has 0 heterocycles. The topological polar surface area (TPSA) is 66.5 Å². The smallest absolute Gasteiger partial charge is 0.223 e. The Morgan fingerprint density at radius 2 is 1.85 bits per heavy atom. The quantitative estimate of drug-likeness (QED) is 0.833. The van der Waals surface area contributed by atoms with Crippen LogP contribution in [0.5, 0.6) is 0 Å². The van der Waals surface area contributed by atoms with E-state index in [-0.39, 0.29) is 18.2 Å². The Bertz CT molecular complexity index is 538. The van der Waals surface area contributed by atoms with E-state index in [4.69, 9.17) is 0 Å². The zero-order valence-corrected chi connectivity index (χ0v) is 13.0. The number of sulfonamides is 1. The standard InChI is InChI=1S/C14H22N2O3S/c1-4-11-20(18,19)15-9-10-16(13(3)17)14-7-5-12(2)6-8-14/h5-8,15H,4,9-11H2,1-3H3. The van der Waals surface area contributed by atoms with Gasteiger partial charge in [0.15, 0.2) is 0 Å². The van der Waals surface area contributed by atoms with E-state index in [0.29, 0.717) is 13.0 Å². The van der Waals surface area contributed by atoms with Gasteiger partial charge in [-0.25, -0.2) is 13.1 Å². The molecule has 0 bridgehead atoms. The lowest BCUT2D eigenvalue weighted by molar-refractivity contribution is -0.116. The van der Waals surface area contributed by atoms with E-state index in [1.54, 1.807) is 4.90 Å². The van der Waals surface area contributed by atoms with Crippen molar-refractivity contribution in [3.63, 3.8) is 0 Å². The van der Waals surface area contributed by atoms with Crippen molar-refractivity contribution in [2.75, 3.05) is 23.7 Å².